The number of nitrogens with zero attached hydrogens (tertiary/aromatic N) is 5. The maximum Gasteiger partial charge on any atom is 0.225 e. The Hall–Kier alpha value is -2.09. The van der Waals surface area contributed by atoms with E-state index in [4.69, 9.17) is 0 Å². The summed E-state index contributed by atoms with van der Waals surface area (Å²) >= 11 is 1.62. The van der Waals surface area contributed by atoms with Crippen molar-refractivity contribution in [2.45, 2.75) is 19.3 Å². The van der Waals surface area contributed by atoms with Crippen molar-refractivity contribution in [1.29, 1.82) is 0 Å². The second kappa shape index (κ2) is 7.43. The van der Waals surface area contributed by atoms with Crippen LogP contribution in [-0.4, -0.2) is 58.7 Å². The first kappa shape index (κ1) is 16.4. The van der Waals surface area contributed by atoms with Crippen LogP contribution in [0.2, 0.25) is 0 Å². The lowest BCUT2D eigenvalue weighted by atomic mass is 9.98. The molecular formula is C17H22N6OS. The van der Waals surface area contributed by atoms with E-state index < -0.39 is 0 Å². The lowest BCUT2D eigenvalue weighted by Gasteiger charge is -2.32. The number of amides is 1. The van der Waals surface area contributed by atoms with Crippen LogP contribution in [0.25, 0.3) is 0 Å². The number of anilines is 1. The molecule has 1 atom stereocenters. The predicted molar refractivity (Wildman–Crippen MR) is 99.3 cm³/mol. The molecule has 0 radical (unpaired) electrons. The number of hydrogen-bond donors (Lipinski definition) is 1. The molecule has 0 aromatic carbocycles. The number of hydrogen-bond acceptors (Lipinski definition) is 7. The fourth-order valence-corrected chi connectivity index (χ4v) is 4.42. The second-order valence-electron chi connectivity index (χ2n) is 6.53. The number of piperidine rings is 1. The molecule has 1 aromatic heterocycles. The Kier molecular flexibility index (Phi) is 4.87. The van der Waals surface area contributed by atoms with E-state index in [-0.39, 0.29) is 5.91 Å². The van der Waals surface area contributed by atoms with Crippen LogP contribution in [0.5, 0.6) is 0 Å². The van der Waals surface area contributed by atoms with Gasteiger partial charge in [-0.15, -0.1) is 0 Å². The Bertz CT molecular complexity index is 692. The number of carbonyl (C=O) groups excluding carboxylic acids is 1. The summed E-state index contributed by atoms with van der Waals surface area (Å²) in [6.07, 6.45) is 6.22. The van der Waals surface area contributed by atoms with Crippen LogP contribution in [0, 0.1) is 5.92 Å². The number of aliphatic imine (C=N–C) groups is 1. The van der Waals surface area contributed by atoms with Gasteiger partial charge in [0.2, 0.25) is 11.9 Å². The van der Waals surface area contributed by atoms with Crippen LogP contribution >= 0.6 is 11.8 Å². The zero-order valence-corrected chi connectivity index (χ0v) is 14.9. The highest BCUT2D eigenvalue weighted by molar-refractivity contribution is 8.16. The minimum Gasteiger partial charge on any atom is -0.355 e. The molecule has 0 saturated carbocycles. The van der Waals surface area contributed by atoms with Crippen molar-refractivity contribution in [3.63, 3.8) is 0 Å². The van der Waals surface area contributed by atoms with Gasteiger partial charge in [0.1, 0.15) is 0 Å². The van der Waals surface area contributed by atoms with Gasteiger partial charge >= 0.3 is 0 Å². The summed E-state index contributed by atoms with van der Waals surface area (Å²) in [5.74, 6) is 1.32. The molecule has 7 nitrogen and oxygen atoms in total. The van der Waals surface area contributed by atoms with E-state index >= 15 is 0 Å². The standard InChI is InChI=1S/C17H22N6OS/c24-15(9-14-12-25-17-20-6-8-23(14)17)21-10-13-3-1-7-22(11-13)16-18-4-2-5-19-16/h2,4-5,12-13H,1,3,6-11H2,(H,21,24). The summed E-state index contributed by atoms with van der Waals surface area (Å²) < 4.78 is 0. The smallest absolute Gasteiger partial charge is 0.225 e. The maximum atomic E-state index is 12.3. The summed E-state index contributed by atoms with van der Waals surface area (Å²) in [5.41, 5.74) is 1.07. The van der Waals surface area contributed by atoms with Gasteiger partial charge in [0, 0.05) is 44.3 Å². The van der Waals surface area contributed by atoms with E-state index in [0.29, 0.717) is 18.9 Å². The molecule has 1 saturated heterocycles. The lowest BCUT2D eigenvalue weighted by Crippen LogP contribution is -2.41. The topological polar surface area (TPSA) is 73.7 Å². The van der Waals surface area contributed by atoms with E-state index in [9.17, 15) is 4.79 Å². The fraction of sp³-hybridized carbons (Fsp3) is 0.529. The lowest BCUT2D eigenvalue weighted by molar-refractivity contribution is -0.120. The van der Waals surface area contributed by atoms with E-state index in [1.807, 2.05) is 11.5 Å². The molecule has 0 aliphatic carbocycles. The highest BCUT2D eigenvalue weighted by atomic mass is 32.2. The van der Waals surface area contributed by atoms with E-state index in [1.54, 1.807) is 24.2 Å². The summed E-state index contributed by atoms with van der Waals surface area (Å²) in [5, 5.41) is 6.19. The maximum absolute atomic E-state index is 12.3. The molecule has 1 aromatic rings. The molecule has 25 heavy (non-hydrogen) atoms. The molecule has 8 heteroatoms. The molecular weight excluding hydrogens is 336 g/mol. The minimum absolute atomic E-state index is 0.0908. The number of rotatable bonds is 5. The molecule has 1 N–H and O–H groups in total. The molecule has 3 aliphatic heterocycles. The average molecular weight is 358 g/mol. The monoisotopic (exact) mass is 358 g/mol. The van der Waals surface area contributed by atoms with Crippen LogP contribution < -0.4 is 10.2 Å². The number of nitrogens with one attached hydrogen (secondary N) is 1. The van der Waals surface area contributed by atoms with Gasteiger partial charge < -0.3 is 15.1 Å². The molecule has 0 bridgehead atoms. The van der Waals surface area contributed by atoms with Crippen LogP contribution in [0.15, 0.2) is 34.6 Å². The number of aromatic nitrogens is 2. The zero-order chi connectivity index (χ0) is 17.1. The molecule has 1 unspecified atom stereocenters. The third kappa shape index (κ3) is 3.78. The van der Waals surface area contributed by atoms with Gasteiger partial charge in [0.05, 0.1) is 13.0 Å². The van der Waals surface area contributed by atoms with Crippen molar-refractivity contribution in [2.24, 2.45) is 10.9 Å². The van der Waals surface area contributed by atoms with Crippen LogP contribution in [-0.2, 0) is 4.79 Å². The van der Waals surface area contributed by atoms with E-state index in [1.165, 1.54) is 0 Å². The molecule has 0 spiro atoms. The van der Waals surface area contributed by atoms with Crippen LogP contribution in [0.1, 0.15) is 19.3 Å². The Morgan fingerprint density at radius 3 is 3.08 bits per heavy atom. The summed E-state index contributed by atoms with van der Waals surface area (Å²) in [7, 11) is 0. The van der Waals surface area contributed by atoms with Gasteiger partial charge in [-0.3, -0.25) is 9.79 Å². The Morgan fingerprint density at radius 1 is 1.32 bits per heavy atom. The number of thioether (sulfide) groups is 1. The van der Waals surface area contributed by atoms with Crippen molar-refractivity contribution in [1.82, 2.24) is 20.2 Å². The van der Waals surface area contributed by atoms with Gasteiger partial charge in [-0.1, -0.05) is 11.8 Å². The summed E-state index contributed by atoms with van der Waals surface area (Å²) in [6, 6.07) is 1.83. The molecule has 1 amide bonds. The largest absolute Gasteiger partial charge is 0.355 e. The Balaban J connectivity index is 1.25. The average Bonchev–Trinajstić information content (AvgIpc) is 3.26. The van der Waals surface area contributed by atoms with Crippen LogP contribution in [0.3, 0.4) is 0 Å². The first-order chi connectivity index (χ1) is 12.3. The Morgan fingerprint density at radius 2 is 2.20 bits per heavy atom. The Labute approximate surface area is 151 Å². The minimum atomic E-state index is 0.0908. The van der Waals surface area contributed by atoms with E-state index in [0.717, 1.165) is 55.8 Å². The predicted octanol–water partition coefficient (Wildman–Crippen LogP) is 1.46. The van der Waals surface area contributed by atoms with Crippen molar-refractivity contribution >= 4 is 28.8 Å². The SMILES string of the molecule is O=C(CC1=CSC2=NCCN12)NCC1CCCN(c2ncccn2)C1. The first-order valence-corrected chi connectivity index (χ1v) is 9.64. The normalized spacial score (nSPS) is 22.5. The number of fused-ring (bicyclic) bond motifs is 1. The molecule has 3 aliphatic rings. The first-order valence-electron chi connectivity index (χ1n) is 8.76. The van der Waals surface area contributed by atoms with Gasteiger partial charge in [0.25, 0.3) is 0 Å². The molecule has 132 valence electrons. The quantitative estimate of drug-likeness (QED) is 0.859. The third-order valence-electron chi connectivity index (χ3n) is 4.73. The van der Waals surface area contributed by atoms with Gasteiger partial charge in [0.15, 0.2) is 5.17 Å². The molecule has 4 rings (SSSR count). The van der Waals surface area contributed by atoms with E-state index in [2.05, 4.69) is 30.1 Å². The highest BCUT2D eigenvalue weighted by Gasteiger charge is 2.28. The molecule has 1 fully saturated rings. The second-order valence-corrected chi connectivity index (χ2v) is 7.36. The van der Waals surface area contributed by atoms with Crippen molar-refractivity contribution in [3.05, 3.63) is 29.6 Å². The fourth-order valence-electron chi connectivity index (χ4n) is 3.47. The molecule has 4 heterocycles. The number of carbonyl (C=O) groups is 1. The van der Waals surface area contributed by atoms with Gasteiger partial charge in [-0.05, 0) is 30.2 Å². The zero-order valence-electron chi connectivity index (χ0n) is 14.1. The number of amidine groups is 1. The van der Waals surface area contributed by atoms with Crippen molar-refractivity contribution in [2.75, 3.05) is 37.6 Å². The summed E-state index contributed by atoms with van der Waals surface area (Å²) in [4.78, 5) is 29.8. The highest BCUT2D eigenvalue weighted by Crippen LogP contribution is 2.30. The van der Waals surface area contributed by atoms with Gasteiger partial charge in [-0.25, -0.2) is 9.97 Å². The van der Waals surface area contributed by atoms with Gasteiger partial charge in [-0.2, -0.15) is 0 Å². The summed E-state index contributed by atoms with van der Waals surface area (Å²) in [6.45, 7) is 4.32. The van der Waals surface area contributed by atoms with Crippen molar-refractivity contribution in [3.8, 4) is 0 Å². The van der Waals surface area contributed by atoms with Crippen LogP contribution in [0.4, 0.5) is 5.95 Å². The van der Waals surface area contributed by atoms with Crippen molar-refractivity contribution < 1.29 is 4.79 Å². The third-order valence-corrected chi connectivity index (χ3v) is 5.68.